The molecule has 0 aliphatic carbocycles. The molecule has 0 unspecified atom stereocenters. The molecule has 0 radical (unpaired) electrons. The van der Waals surface area contributed by atoms with E-state index in [-0.39, 0.29) is 30.5 Å². The van der Waals surface area contributed by atoms with Crippen molar-refractivity contribution in [1.29, 1.82) is 5.26 Å². The Morgan fingerprint density at radius 3 is 2.42 bits per heavy atom. The number of rotatable bonds is 4. The molecule has 0 saturated carbocycles. The fraction of sp³-hybridized carbons (Fsp3) is 0.385. The third-order valence-electron chi connectivity index (χ3n) is 2.28. The van der Waals surface area contributed by atoms with Gasteiger partial charge in [-0.25, -0.2) is 9.38 Å². The molecule has 0 aromatic heterocycles. The summed E-state index contributed by atoms with van der Waals surface area (Å²) in [5.74, 6) is 0.258. The monoisotopic (exact) mass is 376 g/mol. The number of nitriles is 1. The van der Waals surface area contributed by atoms with Crippen LogP contribution in [0.3, 0.4) is 0 Å². The lowest BCUT2D eigenvalue weighted by Gasteiger charge is -2.09. The van der Waals surface area contributed by atoms with E-state index in [1.54, 1.807) is 12.1 Å². The molecule has 4 nitrogen and oxygen atoms in total. The second-order valence-corrected chi connectivity index (χ2v) is 3.64. The molecule has 0 atom stereocenters. The summed E-state index contributed by atoms with van der Waals surface area (Å²) in [5.41, 5.74) is 0.793. The van der Waals surface area contributed by atoms with Gasteiger partial charge < -0.3 is 10.6 Å². The first-order chi connectivity index (χ1) is 8.71. The van der Waals surface area contributed by atoms with E-state index in [4.69, 9.17) is 5.26 Å². The molecule has 0 spiro atoms. The van der Waals surface area contributed by atoms with E-state index in [0.717, 1.165) is 13.1 Å². The van der Waals surface area contributed by atoms with Gasteiger partial charge in [-0.15, -0.1) is 24.0 Å². The van der Waals surface area contributed by atoms with Crippen LogP contribution in [-0.2, 0) is 6.54 Å². The van der Waals surface area contributed by atoms with E-state index in [1.807, 2.05) is 19.9 Å². The van der Waals surface area contributed by atoms with Gasteiger partial charge >= 0.3 is 0 Å². The van der Waals surface area contributed by atoms with Gasteiger partial charge in [0.15, 0.2) is 5.96 Å². The van der Waals surface area contributed by atoms with Crippen molar-refractivity contribution >= 4 is 29.9 Å². The largest absolute Gasteiger partial charge is 0.357 e. The lowest BCUT2D eigenvalue weighted by atomic mass is 10.1. The Labute approximate surface area is 130 Å². The topological polar surface area (TPSA) is 60.2 Å². The highest BCUT2D eigenvalue weighted by Gasteiger charge is 2.03. The fourth-order valence-electron chi connectivity index (χ4n) is 1.42. The number of halogens is 2. The van der Waals surface area contributed by atoms with Crippen LogP contribution in [0.1, 0.15) is 25.0 Å². The maximum atomic E-state index is 13.6. The summed E-state index contributed by atoms with van der Waals surface area (Å²) in [6, 6.07) is 6.31. The molecule has 1 aromatic carbocycles. The summed E-state index contributed by atoms with van der Waals surface area (Å²) >= 11 is 0. The van der Waals surface area contributed by atoms with Gasteiger partial charge in [0.25, 0.3) is 0 Å². The average molecular weight is 376 g/mol. The number of benzene rings is 1. The second-order valence-electron chi connectivity index (χ2n) is 3.64. The van der Waals surface area contributed by atoms with Crippen molar-refractivity contribution in [3.8, 4) is 6.07 Å². The van der Waals surface area contributed by atoms with E-state index in [1.165, 1.54) is 6.07 Å². The Morgan fingerprint density at radius 2 is 1.95 bits per heavy atom. The van der Waals surface area contributed by atoms with Gasteiger partial charge in [-0.1, -0.05) is 6.07 Å². The highest BCUT2D eigenvalue weighted by atomic mass is 127. The molecule has 2 N–H and O–H groups in total. The van der Waals surface area contributed by atoms with Crippen molar-refractivity contribution in [2.45, 2.75) is 20.4 Å². The predicted molar refractivity (Wildman–Crippen MR) is 85.0 cm³/mol. The van der Waals surface area contributed by atoms with E-state index in [9.17, 15) is 4.39 Å². The summed E-state index contributed by atoms with van der Waals surface area (Å²) in [7, 11) is 0. The summed E-state index contributed by atoms with van der Waals surface area (Å²) in [6.45, 7) is 5.68. The maximum absolute atomic E-state index is 13.6. The fourth-order valence-corrected chi connectivity index (χ4v) is 1.42. The molecule has 0 aliphatic heterocycles. The third-order valence-corrected chi connectivity index (χ3v) is 2.28. The van der Waals surface area contributed by atoms with Gasteiger partial charge in [0.05, 0.1) is 18.2 Å². The molecule has 0 aliphatic rings. The van der Waals surface area contributed by atoms with Gasteiger partial charge in [-0.05, 0) is 26.0 Å². The van der Waals surface area contributed by atoms with Crippen molar-refractivity contribution in [2.24, 2.45) is 4.99 Å². The van der Waals surface area contributed by atoms with Gasteiger partial charge in [0.2, 0.25) is 0 Å². The minimum Gasteiger partial charge on any atom is -0.357 e. The summed E-state index contributed by atoms with van der Waals surface area (Å²) < 4.78 is 13.6. The second kappa shape index (κ2) is 9.55. The van der Waals surface area contributed by atoms with Crippen LogP contribution in [0.2, 0.25) is 0 Å². The highest BCUT2D eigenvalue weighted by Crippen LogP contribution is 2.10. The quantitative estimate of drug-likeness (QED) is 0.482. The zero-order valence-corrected chi connectivity index (χ0v) is 13.4. The average Bonchev–Trinajstić information content (AvgIpc) is 2.37. The third kappa shape index (κ3) is 5.87. The van der Waals surface area contributed by atoms with Crippen LogP contribution < -0.4 is 10.6 Å². The van der Waals surface area contributed by atoms with Crippen LogP contribution in [-0.4, -0.2) is 19.0 Å². The first-order valence-corrected chi connectivity index (χ1v) is 5.92. The lowest BCUT2D eigenvalue weighted by molar-refractivity contribution is 0.610. The number of guanidine groups is 1. The molecule has 0 bridgehead atoms. The normalized spacial score (nSPS) is 8.95. The van der Waals surface area contributed by atoms with Crippen LogP contribution in [0.5, 0.6) is 0 Å². The van der Waals surface area contributed by atoms with Crippen LogP contribution in [0.15, 0.2) is 23.2 Å². The number of nitrogens with one attached hydrogen (secondary N) is 2. The Kier molecular flexibility index (Phi) is 8.87. The lowest BCUT2D eigenvalue weighted by Crippen LogP contribution is -2.37. The minimum absolute atomic E-state index is 0. The van der Waals surface area contributed by atoms with Gasteiger partial charge in [-0.3, -0.25) is 0 Å². The summed E-state index contributed by atoms with van der Waals surface area (Å²) in [4.78, 5) is 4.26. The number of hydrogen-bond acceptors (Lipinski definition) is 2. The molecule has 104 valence electrons. The van der Waals surface area contributed by atoms with Crippen molar-refractivity contribution in [1.82, 2.24) is 10.6 Å². The molecule has 1 aromatic rings. The molecule has 0 fully saturated rings. The SMILES string of the molecule is CCNC(=NCc1ccc(C#N)cc1F)NCC.I. The van der Waals surface area contributed by atoms with Crippen LogP contribution in [0.4, 0.5) is 4.39 Å². The standard InChI is InChI=1S/C13H17FN4.HI/c1-3-16-13(17-4-2)18-9-11-6-5-10(8-15)7-12(11)14;/h5-7H,3-4,9H2,1-2H3,(H2,16,17,18);1H. The van der Waals surface area contributed by atoms with E-state index < -0.39 is 5.82 Å². The molecule has 6 heteroatoms. The minimum atomic E-state index is -0.398. The molecular weight excluding hydrogens is 358 g/mol. The van der Waals surface area contributed by atoms with Gasteiger partial charge in [0, 0.05) is 18.7 Å². The van der Waals surface area contributed by atoms with Crippen LogP contribution >= 0.6 is 24.0 Å². The first kappa shape index (κ1) is 17.6. The van der Waals surface area contributed by atoms with Gasteiger partial charge in [-0.2, -0.15) is 5.26 Å². The zero-order valence-electron chi connectivity index (χ0n) is 11.0. The molecule has 1 rings (SSSR count). The number of aliphatic imine (C=N–C) groups is 1. The molecular formula is C13H18FIN4. The van der Waals surface area contributed by atoms with Crippen LogP contribution in [0.25, 0.3) is 0 Å². The Hall–Kier alpha value is -1.36. The van der Waals surface area contributed by atoms with Crippen molar-refractivity contribution in [2.75, 3.05) is 13.1 Å². The highest BCUT2D eigenvalue weighted by molar-refractivity contribution is 14.0. The van der Waals surface area contributed by atoms with E-state index in [2.05, 4.69) is 15.6 Å². The summed E-state index contributed by atoms with van der Waals surface area (Å²) in [5, 5.41) is 14.8. The Bertz CT molecular complexity index is 460. The Balaban J connectivity index is 0.00000324. The van der Waals surface area contributed by atoms with Crippen molar-refractivity contribution in [3.63, 3.8) is 0 Å². The predicted octanol–water partition coefficient (Wildman–Crippen LogP) is 2.39. The maximum Gasteiger partial charge on any atom is 0.191 e. The van der Waals surface area contributed by atoms with Gasteiger partial charge in [0.1, 0.15) is 5.82 Å². The van der Waals surface area contributed by atoms with Crippen molar-refractivity contribution in [3.05, 3.63) is 35.1 Å². The number of nitrogens with zero attached hydrogens (tertiary/aromatic N) is 2. The molecule has 0 heterocycles. The van der Waals surface area contributed by atoms with Crippen molar-refractivity contribution < 1.29 is 4.39 Å². The summed E-state index contributed by atoms with van der Waals surface area (Å²) in [6.07, 6.45) is 0. The smallest absolute Gasteiger partial charge is 0.191 e. The van der Waals surface area contributed by atoms with E-state index >= 15 is 0 Å². The molecule has 0 saturated heterocycles. The van der Waals surface area contributed by atoms with Crippen LogP contribution in [0, 0.1) is 17.1 Å². The zero-order chi connectivity index (χ0) is 13.4. The molecule has 0 amide bonds. The molecule has 19 heavy (non-hydrogen) atoms. The van der Waals surface area contributed by atoms with E-state index in [0.29, 0.717) is 17.1 Å². The first-order valence-electron chi connectivity index (χ1n) is 5.92. The number of hydrogen-bond donors (Lipinski definition) is 2. The Morgan fingerprint density at radius 1 is 1.32 bits per heavy atom.